The molecule has 11 rings (SSSR count). The van der Waals surface area contributed by atoms with Crippen molar-refractivity contribution in [2.75, 3.05) is 0 Å². The van der Waals surface area contributed by atoms with Gasteiger partial charge in [-0.2, -0.15) is 0 Å². The number of hydrogen-bond donors (Lipinski definition) is 0. The van der Waals surface area contributed by atoms with Gasteiger partial charge in [-0.25, -0.2) is 8.78 Å². The van der Waals surface area contributed by atoms with Crippen LogP contribution in [-0.2, 0) is 0 Å². The molecule has 2 spiro atoms. The van der Waals surface area contributed by atoms with Gasteiger partial charge in [0.25, 0.3) is 0 Å². The highest BCUT2D eigenvalue weighted by Crippen LogP contribution is 2.80. The Kier molecular flexibility index (Phi) is 11.7. The number of nitrogens with zero attached hydrogens (tertiary/aromatic N) is 3. The van der Waals surface area contributed by atoms with Gasteiger partial charge in [-0.05, 0) is 120 Å². The molecule has 0 amide bonds. The summed E-state index contributed by atoms with van der Waals surface area (Å²) in [5.74, 6) is 0.481. The predicted octanol–water partition coefficient (Wildman–Crippen LogP) is 16.3. The van der Waals surface area contributed by atoms with Crippen LogP contribution in [0.4, 0.5) is 8.78 Å². The largest absolute Gasteiger partial charge is 0.460 e. The number of hydrogen-bond acceptors (Lipinski definition) is 11. The smallest absolute Gasteiger partial charge is 0.413 e. The standard InChI is InChI=1S/C54H36F2N3O8P3/c55-41-13-9-11-37(35-41)23-33-49(60)39-25-29-43(30-26-39)62-68(63-44-31-27-40(28-32-44)50(61)34-24-38-12-10-14-42(56)36-38)57-69(64-51-19-5-1-15-45(51)46-16-2-6-20-52(46)65-69)59-70(58-68)66-53-21-7-3-17-47(53)48-18-4-8-22-54(48)67-70/h1-36H/b33-23+,34-24+. The van der Waals surface area contributed by atoms with E-state index in [4.69, 9.17) is 40.7 Å². The number of carbonyl (C=O) groups is 2. The van der Waals surface area contributed by atoms with E-state index >= 15 is 0 Å². The van der Waals surface area contributed by atoms with E-state index in [1.165, 1.54) is 48.6 Å². The molecule has 0 saturated heterocycles. The SMILES string of the molecule is O=C(/C=C/c1cccc(F)c1)c1ccc(OP2(Oc3ccc(C(=O)/C=C/c4cccc(F)c4)cc3)=NP3(=NP4(=N2)Oc2ccccc2-c2ccccc2O4)Oc2ccccc2-c2ccccc2O3)cc1. The van der Waals surface area contributed by atoms with Crippen molar-refractivity contribution in [2.45, 2.75) is 0 Å². The summed E-state index contributed by atoms with van der Waals surface area (Å²) >= 11 is 0. The molecule has 344 valence electrons. The first-order valence-corrected chi connectivity index (χ1v) is 26.3. The summed E-state index contributed by atoms with van der Waals surface area (Å²) in [4.78, 5) is 26.8. The number of rotatable bonds is 10. The van der Waals surface area contributed by atoms with Crippen LogP contribution >= 0.6 is 23.0 Å². The molecule has 3 aliphatic rings. The normalized spacial score (nSPS) is 15.3. The maximum atomic E-state index is 13.9. The molecule has 0 saturated carbocycles. The molecule has 3 aliphatic heterocycles. The Balaban J connectivity index is 1.08. The van der Waals surface area contributed by atoms with E-state index in [0.717, 1.165) is 22.3 Å². The van der Waals surface area contributed by atoms with Crippen molar-refractivity contribution in [1.29, 1.82) is 0 Å². The third-order valence-electron chi connectivity index (χ3n) is 11.0. The van der Waals surface area contributed by atoms with Crippen molar-refractivity contribution in [2.24, 2.45) is 13.5 Å². The molecule has 8 aromatic rings. The van der Waals surface area contributed by atoms with Crippen molar-refractivity contribution in [3.05, 3.63) is 240 Å². The summed E-state index contributed by atoms with van der Waals surface area (Å²) in [6.45, 7) is 0. The van der Waals surface area contributed by atoms with E-state index in [1.807, 2.05) is 72.8 Å². The number of para-hydroxylation sites is 4. The topological polar surface area (TPSA) is 127 Å². The summed E-state index contributed by atoms with van der Waals surface area (Å²) in [5.41, 5.74) is 4.56. The molecule has 3 heterocycles. The number of ketones is 2. The van der Waals surface area contributed by atoms with Crippen LogP contribution in [0.2, 0.25) is 0 Å². The summed E-state index contributed by atoms with van der Waals surface area (Å²) < 4.78 is 85.3. The zero-order chi connectivity index (χ0) is 47.7. The number of fused-ring (bicyclic) bond motifs is 6. The Bertz CT molecular complexity index is 3320. The third kappa shape index (κ3) is 9.26. The molecule has 0 N–H and O–H groups in total. The van der Waals surface area contributed by atoms with E-state index in [-0.39, 0.29) is 23.1 Å². The minimum Gasteiger partial charge on any atom is -0.413 e. The molecule has 0 bridgehead atoms. The van der Waals surface area contributed by atoms with Crippen molar-refractivity contribution < 1.29 is 45.5 Å². The molecule has 0 radical (unpaired) electrons. The monoisotopic (exact) mass is 985 g/mol. The molecule has 0 atom stereocenters. The molecule has 16 heteroatoms. The zero-order valence-electron chi connectivity index (χ0n) is 36.5. The maximum absolute atomic E-state index is 13.9. The van der Waals surface area contributed by atoms with Gasteiger partial charge in [-0.1, -0.05) is 123 Å². The van der Waals surface area contributed by atoms with Crippen LogP contribution in [0, 0.1) is 11.6 Å². The molecule has 8 aromatic carbocycles. The van der Waals surface area contributed by atoms with E-state index in [9.17, 15) is 18.4 Å². The van der Waals surface area contributed by atoms with Gasteiger partial charge < -0.3 is 27.1 Å². The minimum atomic E-state index is -4.29. The van der Waals surface area contributed by atoms with Gasteiger partial charge in [0, 0.05) is 33.4 Å². The molecule has 0 fully saturated rings. The minimum absolute atomic E-state index is 0.185. The lowest BCUT2D eigenvalue weighted by Crippen LogP contribution is -2.10. The van der Waals surface area contributed by atoms with Crippen LogP contribution in [0.25, 0.3) is 34.4 Å². The lowest BCUT2D eigenvalue weighted by atomic mass is 10.0. The summed E-state index contributed by atoms with van der Waals surface area (Å²) in [6.07, 6.45) is 5.78. The summed E-state index contributed by atoms with van der Waals surface area (Å²) in [6, 6.07) is 54.1. The second kappa shape index (κ2) is 18.4. The van der Waals surface area contributed by atoms with Crippen molar-refractivity contribution in [1.82, 2.24) is 0 Å². The van der Waals surface area contributed by atoms with E-state index in [0.29, 0.717) is 45.3 Å². The fourth-order valence-electron chi connectivity index (χ4n) is 7.74. The van der Waals surface area contributed by atoms with Crippen molar-refractivity contribution >= 4 is 46.7 Å². The van der Waals surface area contributed by atoms with Crippen LogP contribution in [0.3, 0.4) is 0 Å². The number of benzene rings is 8. The highest BCUT2D eigenvalue weighted by molar-refractivity contribution is 7.79. The highest BCUT2D eigenvalue weighted by Gasteiger charge is 2.50. The van der Waals surface area contributed by atoms with Gasteiger partial charge in [-0.15, -0.1) is 0 Å². The van der Waals surface area contributed by atoms with E-state index in [2.05, 4.69) is 0 Å². The van der Waals surface area contributed by atoms with Crippen LogP contribution in [-0.4, -0.2) is 11.6 Å². The first-order chi connectivity index (χ1) is 34.1. The number of halogens is 2. The first kappa shape index (κ1) is 44.4. The second-order valence-corrected chi connectivity index (χ2v) is 22.0. The molecule has 0 unspecified atom stereocenters. The average molecular weight is 986 g/mol. The van der Waals surface area contributed by atoms with Gasteiger partial charge in [-0.3, -0.25) is 9.59 Å². The zero-order valence-corrected chi connectivity index (χ0v) is 39.2. The molecule has 0 aliphatic carbocycles. The Hall–Kier alpha value is -8.07. The molecular formula is C54H36F2N3O8P3. The van der Waals surface area contributed by atoms with Crippen LogP contribution < -0.4 is 27.1 Å². The average Bonchev–Trinajstić information content (AvgIpc) is 3.58. The fourth-order valence-corrected chi connectivity index (χ4v) is 16.9. The lowest BCUT2D eigenvalue weighted by molar-refractivity contribution is 0.103. The van der Waals surface area contributed by atoms with Crippen molar-refractivity contribution in [3.8, 4) is 56.8 Å². The Labute approximate surface area is 401 Å². The van der Waals surface area contributed by atoms with Crippen LogP contribution in [0.15, 0.2) is 220 Å². The van der Waals surface area contributed by atoms with Crippen LogP contribution in [0.1, 0.15) is 31.8 Å². The third-order valence-corrected chi connectivity index (χ3v) is 19.0. The molecule has 0 aromatic heterocycles. The van der Waals surface area contributed by atoms with E-state index < -0.39 is 34.6 Å². The van der Waals surface area contributed by atoms with Crippen molar-refractivity contribution in [3.63, 3.8) is 0 Å². The quantitative estimate of drug-likeness (QED) is 0.0753. The number of allylic oxidation sites excluding steroid dienone is 2. The number of carbonyl (C=O) groups excluding carboxylic acids is 2. The Morgan fingerprint density at radius 2 is 0.771 bits per heavy atom. The van der Waals surface area contributed by atoms with Gasteiger partial charge >= 0.3 is 23.0 Å². The van der Waals surface area contributed by atoms with Gasteiger partial charge in [0.15, 0.2) is 11.6 Å². The molecular weight excluding hydrogens is 950 g/mol. The molecule has 70 heavy (non-hydrogen) atoms. The highest BCUT2D eigenvalue weighted by atomic mass is 31.3. The predicted molar refractivity (Wildman–Crippen MR) is 268 cm³/mol. The maximum Gasteiger partial charge on any atom is 0.460 e. The lowest BCUT2D eigenvalue weighted by Gasteiger charge is -2.32. The Morgan fingerprint density at radius 1 is 0.414 bits per heavy atom. The Morgan fingerprint density at radius 3 is 1.14 bits per heavy atom. The summed E-state index contributed by atoms with van der Waals surface area (Å²) in [5, 5.41) is 0. The van der Waals surface area contributed by atoms with Gasteiger partial charge in [0.2, 0.25) is 0 Å². The van der Waals surface area contributed by atoms with Gasteiger partial charge in [0.05, 0.1) is 0 Å². The molecule has 11 nitrogen and oxygen atoms in total. The first-order valence-electron chi connectivity index (χ1n) is 21.7. The van der Waals surface area contributed by atoms with E-state index in [1.54, 1.807) is 97.1 Å². The van der Waals surface area contributed by atoms with Gasteiger partial charge in [0.1, 0.15) is 46.1 Å². The summed E-state index contributed by atoms with van der Waals surface area (Å²) in [7, 11) is -12.5. The van der Waals surface area contributed by atoms with Crippen LogP contribution in [0.5, 0.6) is 34.5 Å². The fraction of sp³-hybridized carbons (Fsp3) is 0. The second-order valence-electron chi connectivity index (χ2n) is 15.8.